The van der Waals surface area contributed by atoms with Crippen LogP contribution in [0.1, 0.15) is 20.7 Å². The lowest BCUT2D eigenvalue weighted by Gasteiger charge is -2.35. The molecule has 0 unspecified atom stereocenters. The van der Waals surface area contributed by atoms with Crippen LogP contribution < -0.4 is 5.56 Å². The van der Waals surface area contributed by atoms with E-state index in [2.05, 4.69) is 20.1 Å². The summed E-state index contributed by atoms with van der Waals surface area (Å²) >= 11 is 0. The molecule has 0 radical (unpaired) electrons. The lowest BCUT2D eigenvalue weighted by atomic mass is 10.2. The molecular formula is C18H17N7O3. The molecule has 0 spiro atoms. The molecular weight excluding hydrogens is 362 g/mol. The SMILES string of the molecule is O=C(c1ccc(=O)[nH]c1)N1CCN(C(=O)c2cccnc2-n2cncn2)CC1. The van der Waals surface area contributed by atoms with Crippen molar-refractivity contribution in [2.45, 2.75) is 0 Å². The number of aromatic nitrogens is 5. The van der Waals surface area contributed by atoms with Gasteiger partial charge >= 0.3 is 0 Å². The predicted molar refractivity (Wildman–Crippen MR) is 98.0 cm³/mol. The van der Waals surface area contributed by atoms with E-state index in [1.165, 1.54) is 35.7 Å². The van der Waals surface area contributed by atoms with Crippen LogP contribution in [0.25, 0.3) is 5.82 Å². The molecule has 142 valence electrons. The third kappa shape index (κ3) is 3.39. The highest BCUT2D eigenvalue weighted by Crippen LogP contribution is 2.15. The molecule has 0 atom stereocenters. The summed E-state index contributed by atoms with van der Waals surface area (Å²) in [6.45, 7) is 1.62. The molecule has 1 aliphatic rings. The first-order valence-corrected chi connectivity index (χ1v) is 8.71. The number of amides is 2. The normalized spacial score (nSPS) is 14.1. The molecule has 1 fully saturated rings. The van der Waals surface area contributed by atoms with E-state index in [0.717, 1.165) is 0 Å². The van der Waals surface area contributed by atoms with Gasteiger partial charge in [-0.2, -0.15) is 5.10 Å². The van der Waals surface area contributed by atoms with Crippen molar-refractivity contribution in [1.29, 1.82) is 0 Å². The highest BCUT2D eigenvalue weighted by atomic mass is 16.2. The standard InChI is InChI=1S/C18H17N7O3/c26-15-4-3-13(10-21-15)17(27)23-6-8-24(9-7-23)18(28)14-2-1-5-20-16(14)25-12-19-11-22-25/h1-5,10-12H,6-9H2,(H,21,26). The molecule has 0 saturated carbocycles. The quantitative estimate of drug-likeness (QED) is 0.682. The molecule has 2 amide bonds. The third-order valence-electron chi connectivity index (χ3n) is 4.54. The van der Waals surface area contributed by atoms with E-state index in [-0.39, 0.29) is 17.4 Å². The van der Waals surface area contributed by atoms with Crippen LogP contribution in [0.4, 0.5) is 0 Å². The molecule has 28 heavy (non-hydrogen) atoms. The summed E-state index contributed by atoms with van der Waals surface area (Å²) in [7, 11) is 0. The van der Waals surface area contributed by atoms with Crippen LogP contribution in [0.5, 0.6) is 0 Å². The van der Waals surface area contributed by atoms with Crippen molar-refractivity contribution in [3.8, 4) is 5.82 Å². The van der Waals surface area contributed by atoms with Gasteiger partial charge in [-0.3, -0.25) is 14.4 Å². The molecule has 0 bridgehead atoms. The summed E-state index contributed by atoms with van der Waals surface area (Å²) in [5, 5.41) is 4.04. The fourth-order valence-corrected chi connectivity index (χ4v) is 3.07. The zero-order valence-electron chi connectivity index (χ0n) is 14.9. The summed E-state index contributed by atoms with van der Waals surface area (Å²) in [5.41, 5.74) is 0.583. The Morgan fingerprint density at radius 2 is 1.75 bits per heavy atom. The largest absolute Gasteiger partial charge is 0.335 e. The molecule has 0 aliphatic carbocycles. The van der Waals surface area contributed by atoms with Gasteiger partial charge in [-0.05, 0) is 18.2 Å². The number of pyridine rings is 2. The second-order valence-electron chi connectivity index (χ2n) is 6.24. The Morgan fingerprint density at radius 3 is 2.39 bits per heavy atom. The second-order valence-corrected chi connectivity index (χ2v) is 6.24. The van der Waals surface area contributed by atoms with Gasteiger partial charge < -0.3 is 14.8 Å². The number of piperazine rings is 1. The number of nitrogens with zero attached hydrogens (tertiary/aromatic N) is 6. The van der Waals surface area contributed by atoms with Crippen LogP contribution >= 0.6 is 0 Å². The topological polar surface area (TPSA) is 117 Å². The van der Waals surface area contributed by atoms with Crippen LogP contribution in [0.3, 0.4) is 0 Å². The molecule has 1 aliphatic heterocycles. The average Bonchev–Trinajstić information content (AvgIpc) is 3.28. The summed E-state index contributed by atoms with van der Waals surface area (Å²) in [5.74, 6) is 0.0690. The predicted octanol–water partition coefficient (Wildman–Crippen LogP) is -0.0512. The van der Waals surface area contributed by atoms with Gasteiger partial charge in [0.05, 0.1) is 11.1 Å². The molecule has 3 aromatic heterocycles. The monoisotopic (exact) mass is 379 g/mol. The zero-order valence-corrected chi connectivity index (χ0v) is 14.9. The Morgan fingerprint density at radius 1 is 1.00 bits per heavy atom. The first kappa shape index (κ1) is 17.6. The molecule has 10 heteroatoms. The van der Waals surface area contributed by atoms with E-state index in [4.69, 9.17) is 0 Å². The van der Waals surface area contributed by atoms with Gasteiger partial charge in [0.1, 0.15) is 12.7 Å². The third-order valence-corrected chi connectivity index (χ3v) is 4.54. The maximum Gasteiger partial charge on any atom is 0.257 e. The van der Waals surface area contributed by atoms with E-state index in [9.17, 15) is 14.4 Å². The van der Waals surface area contributed by atoms with Crippen molar-refractivity contribution >= 4 is 11.8 Å². The molecule has 1 saturated heterocycles. The summed E-state index contributed by atoms with van der Waals surface area (Å²) in [6, 6.07) is 6.22. The van der Waals surface area contributed by atoms with Gasteiger partial charge in [-0.15, -0.1) is 0 Å². The van der Waals surface area contributed by atoms with Crippen molar-refractivity contribution in [3.63, 3.8) is 0 Å². The van der Waals surface area contributed by atoms with Gasteiger partial charge in [-0.1, -0.05) is 0 Å². The lowest BCUT2D eigenvalue weighted by Crippen LogP contribution is -2.50. The lowest BCUT2D eigenvalue weighted by molar-refractivity contribution is 0.0535. The minimum atomic E-state index is -0.258. The Hall–Kier alpha value is -3.82. The van der Waals surface area contributed by atoms with Crippen LogP contribution in [0.2, 0.25) is 0 Å². The fourth-order valence-electron chi connectivity index (χ4n) is 3.07. The van der Waals surface area contributed by atoms with Crippen molar-refractivity contribution in [3.05, 3.63) is 70.8 Å². The second kappa shape index (κ2) is 7.43. The molecule has 10 nitrogen and oxygen atoms in total. The maximum atomic E-state index is 13.0. The first-order chi connectivity index (χ1) is 13.6. The summed E-state index contributed by atoms with van der Waals surface area (Å²) in [6.07, 6.45) is 5.86. The van der Waals surface area contributed by atoms with Gasteiger partial charge in [0.15, 0.2) is 5.82 Å². The van der Waals surface area contributed by atoms with Gasteiger partial charge in [0.2, 0.25) is 5.56 Å². The summed E-state index contributed by atoms with van der Waals surface area (Å²) < 4.78 is 1.45. The molecule has 4 heterocycles. The van der Waals surface area contributed by atoms with E-state index in [0.29, 0.717) is 43.1 Å². The Labute approximate surface area is 159 Å². The number of nitrogens with one attached hydrogen (secondary N) is 1. The first-order valence-electron chi connectivity index (χ1n) is 8.71. The highest BCUT2D eigenvalue weighted by Gasteiger charge is 2.27. The van der Waals surface area contributed by atoms with Crippen LogP contribution in [-0.4, -0.2) is 72.5 Å². The zero-order chi connectivity index (χ0) is 19.5. The minimum Gasteiger partial charge on any atom is -0.335 e. The Kier molecular flexibility index (Phi) is 4.67. The van der Waals surface area contributed by atoms with Crippen LogP contribution in [0, 0.1) is 0 Å². The van der Waals surface area contributed by atoms with E-state index < -0.39 is 0 Å². The number of hydrogen-bond donors (Lipinski definition) is 1. The van der Waals surface area contributed by atoms with Gasteiger partial charge in [0, 0.05) is 44.6 Å². The minimum absolute atomic E-state index is 0.172. The Balaban J connectivity index is 1.46. The van der Waals surface area contributed by atoms with E-state index in [1.807, 2.05) is 0 Å². The number of H-pyrrole nitrogens is 1. The number of rotatable bonds is 3. The molecule has 4 rings (SSSR count). The van der Waals surface area contributed by atoms with Crippen molar-refractivity contribution < 1.29 is 9.59 Å². The van der Waals surface area contributed by atoms with Crippen molar-refractivity contribution in [1.82, 2.24) is 34.5 Å². The number of carbonyl (C=O) groups is 2. The molecule has 3 aromatic rings. The maximum absolute atomic E-state index is 13.0. The summed E-state index contributed by atoms with van der Waals surface area (Å²) in [4.78, 5) is 50.7. The van der Waals surface area contributed by atoms with Crippen molar-refractivity contribution in [2.75, 3.05) is 26.2 Å². The van der Waals surface area contributed by atoms with Gasteiger partial charge in [0.25, 0.3) is 11.8 Å². The highest BCUT2D eigenvalue weighted by molar-refractivity contribution is 5.97. The van der Waals surface area contributed by atoms with Crippen molar-refractivity contribution in [2.24, 2.45) is 0 Å². The molecule has 0 aromatic carbocycles. The number of aromatic amines is 1. The number of carbonyl (C=O) groups excluding carboxylic acids is 2. The van der Waals surface area contributed by atoms with Crippen LogP contribution in [-0.2, 0) is 0 Å². The molecule has 1 N–H and O–H groups in total. The van der Waals surface area contributed by atoms with Gasteiger partial charge in [-0.25, -0.2) is 14.6 Å². The van der Waals surface area contributed by atoms with Crippen LogP contribution in [0.15, 0.2) is 54.1 Å². The average molecular weight is 379 g/mol. The fraction of sp³-hybridized carbons (Fsp3) is 0.222. The van der Waals surface area contributed by atoms with E-state index in [1.54, 1.807) is 28.1 Å². The smallest absolute Gasteiger partial charge is 0.257 e. The van der Waals surface area contributed by atoms with E-state index >= 15 is 0 Å². The number of hydrogen-bond acceptors (Lipinski definition) is 6. The Bertz CT molecular complexity index is 1030.